The molecule has 3 aromatic rings. The number of ether oxygens (including phenoxy) is 1. The molecule has 0 spiro atoms. The van der Waals surface area contributed by atoms with Crippen LogP contribution in [0.1, 0.15) is 25.7 Å². The molecule has 4 rings (SSSR count). The molecule has 0 bridgehead atoms. The fourth-order valence-corrected chi connectivity index (χ4v) is 3.65. The van der Waals surface area contributed by atoms with E-state index in [9.17, 15) is 9.59 Å². The molecule has 150 valence electrons. The lowest BCUT2D eigenvalue weighted by Crippen LogP contribution is -2.32. The molecule has 0 saturated heterocycles. The first kappa shape index (κ1) is 18.9. The number of nitrogens with two attached hydrogens (primary N) is 1. The summed E-state index contributed by atoms with van der Waals surface area (Å²) in [7, 11) is 1.86. The van der Waals surface area contributed by atoms with E-state index < -0.39 is 6.09 Å². The summed E-state index contributed by atoms with van der Waals surface area (Å²) < 4.78 is 6.74. The van der Waals surface area contributed by atoms with E-state index in [-0.39, 0.29) is 17.9 Å². The summed E-state index contributed by atoms with van der Waals surface area (Å²) >= 11 is 0. The number of carbonyl (C=O) groups is 2. The molecule has 1 saturated carbocycles. The molecule has 29 heavy (non-hydrogen) atoms. The van der Waals surface area contributed by atoms with Gasteiger partial charge < -0.3 is 15.8 Å². The number of carbonyl (C=O) groups excluding carboxylic acids is 2. The molecule has 9 nitrogen and oxygen atoms in total. The van der Waals surface area contributed by atoms with Crippen molar-refractivity contribution in [2.75, 3.05) is 5.32 Å². The molecule has 1 aliphatic carbocycles. The normalized spacial score (nSPS) is 19.1. The Morgan fingerprint density at radius 1 is 1.10 bits per heavy atom. The van der Waals surface area contributed by atoms with Crippen LogP contribution in [-0.2, 0) is 16.6 Å². The van der Waals surface area contributed by atoms with Crippen LogP contribution < -0.4 is 11.1 Å². The monoisotopic (exact) mass is 394 g/mol. The Balaban J connectivity index is 1.45. The smallest absolute Gasteiger partial charge is 0.404 e. The third kappa shape index (κ3) is 4.34. The van der Waals surface area contributed by atoms with Crippen LogP contribution in [-0.4, -0.2) is 37.9 Å². The van der Waals surface area contributed by atoms with E-state index in [1.54, 1.807) is 23.3 Å². The first-order chi connectivity index (χ1) is 14.0. The Bertz CT molecular complexity index is 1060. The van der Waals surface area contributed by atoms with E-state index in [0.29, 0.717) is 31.5 Å². The van der Waals surface area contributed by atoms with Gasteiger partial charge in [0.05, 0.1) is 11.9 Å². The average molecular weight is 394 g/mol. The maximum absolute atomic E-state index is 12.6. The van der Waals surface area contributed by atoms with E-state index in [0.717, 1.165) is 22.0 Å². The van der Waals surface area contributed by atoms with Crippen LogP contribution in [0.3, 0.4) is 0 Å². The molecule has 3 heterocycles. The van der Waals surface area contributed by atoms with Gasteiger partial charge in [0.25, 0.3) is 0 Å². The molecule has 0 radical (unpaired) electrons. The van der Waals surface area contributed by atoms with Crippen molar-refractivity contribution in [3.63, 3.8) is 0 Å². The zero-order valence-electron chi connectivity index (χ0n) is 16.0. The number of anilines is 1. The first-order valence-electron chi connectivity index (χ1n) is 9.50. The van der Waals surface area contributed by atoms with Gasteiger partial charge in [0.15, 0.2) is 0 Å². The van der Waals surface area contributed by atoms with Crippen LogP contribution in [0.2, 0.25) is 0 Å². The number of aromatic nitrogens is 4. The van der Waals surface area contributed by atoms with Crippen LogP contribution in [0, 0.1) is 5.92 Å². The number of nitrogens with one attached hydrogen (secondary N) is 1. The standard InChI is InChI=1S/C20H22N6O3/c1-26-11-15(10-24-26)17-6-13-7-18(23-9-14(13)8-22-17)25-19(27)12-2-4-16(5-3-12)29-20(21)28/h6-12,16H,2-5H2,1H3,(H2,21,28)(H,23,25,27)/t12-,16-. The minimum absolute atomic E-state index is 0.0732. The zero-order valence-corrected chi connectivity index (χ0v) is 16.0. The van der Waals surface area contributed by atoms with Gasteiger partial charge in [-0.05, 0) is 43.2 Å². The molecule has 3 aromatic heterocycles. The van der Waals surface area contributed by atoms with Crippen LogP contribution in [0.25, 0.3) is 22.0 Å². The van der Waals surface area contributed by atoms with Crippen LogP contribution in [0.15, 0.2) is 36.9 Å². The van der Waals surface area contributed by atoms with Gasteiger partial charge in [0.1, 0.15) is 11.9 Å². The molecule has 0 aliphatic heterocycles. The number of hydrogen-bond acceptors (Lipinski definition) is 6. The molecule has 3 N–H and O–H groups in total. The number of fused-ring (bicyclic) bond motifs is 1. The molecular formula is C20H22N6O3. The number of aryl methyl sites for hydroxylation is 1. The van der Waals surface area contributed by atoms with Crippen LogP contribution in [0.4, 0.5) is 10.6 Å². The summed E-state index contributed by atoms with van der Waals surface area (Å²) in [6.07, 6.45) is 8.70. The molecule has 0 atom stereocenters. The second-order valence-electron chi connectivity index (χ2n) is 7.29. The van der Waals surface area contributed by atoms with E-state index in [4.69, 9.17) is 10.5 Å². The third-order valence-electron chi connectivity index (χ3n) is 5.18. The van der Waals surface area contributed by atoms with Gasteiger partial charge in [-0.25, -0.2) is 9.78 Å². The highest BCUT2D eigenvalue weighted by atomic mass is 16.6. The highest BCUT2D eigenvalue weighted by Crippen LogP contribution is 2.28. The van der Waals surface area contributed by atoms with Gasteiger partial charge in [0, 0.05) is 42.5 Å². The average Bonchev–Trinajstić information content (AvgIpc) is 3.14. The largest absolute Gasteiger partial charge is 0.446 e. The van der Waals surface area contributed by atoms with Gasteiger partial charge >= 0.3 is 6.09 Å². The van der Waals surface area contributed by atoms with E-state index in [1.165, 1.54) is 0 Å². The predicted octanol–water partition coefficient (Wildman–Crippen LogP) is 2.62. The number of primary amides is 1. The number of pyridine rings is 2. The quantitative estimate of drug-likeness (QED) is 0.701. The van der Waals surface area contributed by atoms with E-state index in [1.807, 2.05) is 25.4 Å². The van der Waals surface area contributed by atoms with Crippen molar-refractivity contribution in [3.05, 3.63) is 36.9 Å². The SMILES string of the molecule is Cn1cc(-c2cc3cc(NC(=O)[C@H]4CC[C@H](OC(N)=O)CC4)ncc3cn2)cn1. The molecular weight excluding hydrogens is 372 g/mol. The first-order valence-corrected chi connectivity index (χ1v) is 9.50. The van der Waals surface area contributed by atoms with Crippen LogP contribution in [0.5, 0.6) is 0 Å². The minimum Gasteiger partial charge on any atom is -0.446 e. The van der Waals surface area contributed by atoms with Crippen molar-refractivity contribution in [1.82, 2.24) is 19.7 Å². The number of nitrogens with zero attached hydrogens (tertiary/aromatic N) is 4. The summed E-state index contributed by atoms with van der Waals surface area (Å²) in [6.45, 7) is 0. The molecule has 1 fully saturated rings. The zero-order chi connectivity index (χ0) is 20.4. The maximum atomic E-state index is 12.6. The second kappa shape index (κ2) is 7.86. The second-order valence-corrected chi connectivity index (χ2v) is 7.29. The van der Waals surface area contributed by atoms with Gasteiger partial charge in [0.2, 0.25) is 5.91 Å². The van der Waals surface area contributed by atoms with Gasteiger partial charge in [-0.1, -0.05) is 0 Å². The lowest BCUT2D eigenvalue weighted by Gasteiger charge is -2.26. The van der Waals surface area contributed by atoms with Crippen molar-refractivity contribution >= 4 is 28.6 Å². The van der Waals surface area contributed by atoms with E-state index in [2.05, 4.69) is 20.4 Å². The highest BCUT2D eigenvalue weighted by Gasteiger charge is 2.28. The number of amides is 2. The highest BCUT2D eigenvalue weighted by molar-refractivity contribution is 5.94. The summed E-state index contributed by atoms with van der Waals surface area (Å²) in [6, 6.07) is 3.80. The number of rotatable bonds is 4. The fraction of sp³-hybridized carbons (Fsp3) is 0.350. The Morgan fingerprint density at radius 3 is 2.55 bits per heavy atom. The Morgan fingerprint density at radius 2 is 1.86 bits per heavy atom. The molecule has 1 aliphatic rings. The summed E-state index contributed by atoms with van der Waals surface area (Å²) in [5.74, 6) is 0.292. The topological polar surface area (TPSA) is 125 Å². The summed E-state index contributed by atoms with van der Waals surface area (Å²) in [5, 5.41) is 8.90. The van der Waals surface area contributed by atoms with Crippen molar-refractivity contribution in [2.24, 2.45) is 18.7 Å². The van der Waals surface area contributed by atoms with Crippen LogP contribution >= 0.6 is 0 Å². The van der Waals surface area contributed by atoms with E-state index >= 15 is 0 Å². The summed E-state index contributed by atoms with van der Waals surface area (Å²) in [4.78, 5) is 32.3. The van der Waals surface area contributed by atoms with Crippen molar-refractivity contribution in [3.8, 4) is 11.3 Å². The molecule has 9 heteroatoms. The summed E-state index contributed by atoms with van der Waals surface area (Å²) in [5.41, 5.74) is 6.79. The van der Waals surface area contributed by atoms with Crippen molar-refractivity contribution < 1.29 is 14.3 Å². The fourth-order valence-electron chi connectivity index (χ4n) is 3.65. The lowest BCUT2D eigenvalue weighted by molar-refractivity contribution is -0.121. The number of hydrogen-bond donors (Lipinski definition) is 2. The Kier molecular flexibility index (Phi) is 5.11. The Labute approximate surface area is 167 Å². The lowest BCUT2D eigenvalue weighted by atomic mass is 9.87. The molecule has 2 amide bonds. The van der Waals surface area contributed by atoms with Crippen molar-refractivity contribution in [1.29, 1.82) is 0 Å². The molecule has 0 aromatic carbocycles. The van der Waals surface area contributed by atoms with Gasteiger partial charge in [-0.15, -0.1) is 0 Å². The van der Waals surface area contributed by atoms with Gasteiger partial charge in [-0.2, -0.15) is 5.10 Å². The maximum Gasteiger partial charge on any atom is 0.404 e. The Hall–Kier alpha value is -3.49. The molecule has 0 unspecified atom stereocenters. The third-order valence-corrected chi connectivity index (χ3v) is 5.18. The predicted molar refractivity (Wildman–Crippen MR) is 107 cm³/mol. The van der Waals surface area contributed by atoms with Crippen molar-refractivity contribution in [2.45, 2.75) is 31.8 Å². The minimum atomic E-state index is -0.765. The van der Waals surface area contributed by atoms with Gasteiger partial charge in [-0.3, -0.25) is 14.5 Å².